The molecule has 19 heavy (non-hydrogen) atoms. The van der Waals surface area contributed by atoms with Crippen LogP contribution in [0.2, 0.25) is 0 Å². The molecule has 2 rings (SSSR count). The van der Waals surface area contributed by atoms with Crippen LogP contribution in [0.15, 0.2) is 34.7 Å². The molecule has 0 radical (unpaired) electrons. The smallest absolute Gasteiger partial charge is 0.315 e. The van der Waals surface area contributed by atoms with Crippen molar-refractivity contribution in [3.63, 3.8) is 0 Å². The van der Waals surface area contributed by atoms with Crippen LogP contribution in [-0.2, 0) is 13.0 Å². The highest BCUT2D eigenvalue weighted by atomic mass is 16.4. The third kappa shape index (κ3) is 4.37. The van der Waals surface area contributed by atoms with E-state index in [2.05, 4.69) is 52.0 Å². The maximum Gasteiger partial charge on any atom is 0.315 e. The lowest BCUT2D eigenvalue weighted by Gasteiger charge is -2.11. The Labute approximate surface area is 113 Å². The van der Waals surface area contributed by atoms with Gasteiger partial charge in [0.05, 0.1) is 6.54 Å². The largest absolute Gasteiger partial charge is 0.407 e. The van der Waals surface area contributed by atoms with Crippen molar-refractivity contribution in [3.8, 4) is 0 Å². The summed E-state index contributed by atoms with van der Waals surface area (Å²) in [6.07, 6.45) is 2.06. The number of benzene rings is 1. The minimum absolute atomic E-state index is 0.295. The molecule has 0 fully saturated rings. The van der Waals surface area contributed by atoms with Crippen molar-refractivity contribution in [3.05, 3.63) is 41.8 Å². The first-order valence-corrected chi connectivity index (χ1v) is 6.55. The minimum atomic E-state index is 0.295. The monoisotopic (exact) mass is 260 g/mol. The third-order valence-corrected chi connectivity index (χ3v) is 2.87. The normalized spacial score (nSPS) is 12.3. The zero-order valence-electron chi connectivity index (χ0n) is 11.4. The van der Waals surface area contributed by atoms with E-state index in [1.807, 2.05) is 13.1 Å². The van der Waals surface area contributed by atoms with Gasteiger partial charge in [-0.2, -0.15) is 0 Å². The zero-order chi connectivity index (χ0) is 13.5. The molecule has 1 aromatic carbocycles. The standard InChI is InChI=1S/C14H20N4O/c1-11(8-9-12-6-4-3-5-7-12)16-14-18-17-13(19-14)10-15-2/h3-7,11,15H,8-10H2,1-2H3,(H,16,18). The molecule has 0 aliphatic heterocycles. The van der Waals surface area contributed by atoms with E-state index in [1.165, 1.54) is 5.56 Å². The van der Waals surface area contributed by atoms with Crippen LogP contribution in [0.4, 0.5) is 6.01 Å². The van der Waals surface area contributed by atoms with Crippen molar-refractivity contribution in [1.82, 2.24) is 15.5 Å². The van der Waals surface area contributed by atoms with E-state index in [0.29, 0.717) is 24.5 Å². The second kappa shape index (κ2) is 6.89. The first-order chi connectivity index (χ1) is 9.28. The number of aromatic nitrogens is 2. The number of rotatable bonds is 7. The van der Waals surface area contributed by atoms with E-state index in [4.69, 9.17) is 4.42 Å². The van der Waals surface area contributed by atoms with Crippen LogP contribution >= 0.6 is 0 Å². The van der Waals surface area contributed by atoms with Crippen LogP contribution in [0.3, 0.4) is 0 Å². The molecular formula is C14H20N4O. The Morgan fingerprint density at radius 3 is 2.74 bits per heavy atom. The lowest BCUT2D eigenvalue weighted by atomic mass is 10.1. The van der Waals surface area contributed by atoms with Gasteiger partial charge in [-0.3, -0.25) is 0 Å². The predicted molar refractivity (Wildman–Crippen MR) is 74.9 cm³/mol. The summed E-state index contributed by atoms with van der Waals surface area (Å²) in [6.45, 7) is 2.71. The molecule has 0 aliphatic carbocycles. The van der Waals surface area contributed by atoms with Crippen LogP contribution < -0.4 is 10.6 Å². The maximum atomic E-state index is 5.45. The summed E-state index contributed by atoms with van der Waals surface area (Å²) in [5.74, 6) is 0.597. The highest BCUT2D eigenvalue weighted by Crippen LogP contribution is 2.10. The molecule has 0 spiro atoms. The van der Waals surface area contributed by atoms with Gasteiger partial charge in [-0.05, 0) is 32.4 Å². The molecular weight excluding hydrogens is 240 g/mol. The SMILES string of the molecule is CNCc1nnc(NC(C)CCc2ccccc2)o1. The fourth-order valence-corrected chi connectivity index (χ4v) is 1.85. The van der Waals surface area contributed by atoms with Gasteiger partial charge in [0.15, 0.2) is 0 Å². The predicted octanol–water partition coefficient (Wildman–Crippen LogP) is 2.22. The molecule has 5 heteroatoms. The molecule has 102 valence electrons. The van der Waals surface area contributed by atoms with Crippen LogP contribution in [-0.4, -0.2) is 23.3 Å². The number of aryl methyl sites for hydroxylation is 1. The van der Waals surface area contributed by atoms with Crippen molar-refractivity contribution >= 4 is 6.01 Å². The molecule has 2 aromatic rings. The van der Waals surface area contributed by atoms with Crippen molar-refractivity contribution in [2.75, 3.05) is 12.4 Å². The molecule has 1 atom stereocenters. The zero-order valence-corrected chi connectivity index (χ0v) is 11.4. The quantitative estimate of drug-likeness (QED) is 0.799. The lowest BCUT2D eigenvalue weighted by molar-refractivity contribution is 0.483. The Morgan fingerprint density at radius 1 is 1.21 bits per heavy atom. The lowest BCUT2D eigenvalue weighted by Crippen LogP contribution is -2.16. The molecule has 5 nitrogen and oxygen atoms in total. The van der Waals surface area contributed by atoms with Gasteiger partial charge in [0, 0.05) is 6.04 Å². The fourth-order valence-electron chi connectivity index (χ4n) is 1.85. The Balaban J connectivity index is 1.78. The Morgan fingerprint density at radius 2 is 2.00 bits per heavy atom. The van der Waals surface area contributed by atoms with Crippen LogP contribution in [0.25, 0.3) is 0 Å². The molecule has 0 aliphatic rings. The first-order valence-electron chi connectivity index (χ1n) is 6.55. The van der Waals surface area contributed by atoms with Crippen molar-refractivity contribution in [1.29, 1.82) is 0 Å². The molecule has 0 bridgehead atoms. The van der Waals surface area contributed by atoms with Gasteiger partial charge >= 0.3 is 6.01 Å². The molecule has 0 saturated heterocycles. The summed E-state index contributed by atoms with van der Waals surface area (Å²) in [4.78, 5) is 0. The average Bonchev–Trinajstić information content (AvgIpc) is 2.85. The van der Waals surface area contributed by atoms with E-state index in [1.54, 1.807) is 0 Å². The fraction of sp³-hybridized carbons (Fsp3) is 0.429. The molecule has 1 heterocycles. The Hall–Kier alpha value is -1.88. The van der Waals surface area contributed by atoms with E-state index in [0.717, 1.165) is 12.8 Å². The van der Waals surface area contributed by atoms with Gasteiger partial charge in [-0.1, -0.05) is 35.4 Å². The maximum absolute atomic E-state index is 5.45. The van der Waals surface area contributed by atoms with E-state index >= 15 is 0 Å². The molecule has 0 saturated carbocycles. The van der Waals surface area contributed by atoms with Crippen molar-refractivity contribution < 1.29 is 4.42 Å². The Bertz CT molecular complexity index is 483. The average molecular weight is 260 g/mol. The molecule has 0 amide bonds. The number of hydrogen-bond donors (Lipinski definition) is 2. The Kier molecular flexibility index (Phi) is 4.92. The molecule has 2 N–H and O–H groups in total. The molecule has 1 unspecified atom stereocenters. The van der Waals surface area contributed by atoms with Gasteiger partial charge < -0.3 is 15.1 Å². The number of hydrogen-bond acceptors (Lipinski definition) is 5. The number of nitrogens with zero attached hydrogens (tertiary/aromatic N) is 2. The highest BCUT2D eigenvalue weighted by Gasteiger charge is 2.08. The van der Waals surface area contributed by atoms with E-state index in [9.17, 15) is 0 Å². The second-order valence-corrected chi connectivity index (χ2v) is 4.60. The van der Waals surface area contributed by atoms with Gasteiger partial charge in [-0.15, -0.1) is 5.10 Å². The van der Waals surface area contributed by atoms with Gasteiger partial charge in [0.1, 0.15) is 0 Å². The molecule has 1 aromatic heterocycles. The minimum Gasteiger partial charge on any atom is -0.407 e. The summed E-state index contributed by atoms with van der Waals surface area (Å²) in [5, 5.41) is 14.1. The third-order valence-electron chi connectivity index (χ3n) is 2.87. The summed E-state index contributed by atoms with van der Waals surface area (Å²) in [6, 6.07) is 11.2. The topological polar surface area (TPSA) is 63.0 Å². The summed E-state index contributed by atoms with van der Waals surface area (Å²) < 4.78 is 5.45. The summed E-state index contributed by atoms with van der Waals surface area (Å²) >= 11 is 0. The van der Waals surface area contributed by atoms with Crippen molar-refractivity contribution in [2.24, 2.45) is 0 Å². The van der Waals surface area contributed by atoms with Crippen LogP contribution in [0.5, 0.6) is 0 Å². The van der Waals surface area contributed by atoms with Gasteiger partial charge in [0.25, 0.3) is 0 Å². The van der Waals surface area contributed by atoms with Gasteiger partial charge in [0.2, 0.25) is 5.89 Å². The van der Waals surface area contributed by atoms with Crippen molar-refractivity contribution in [2.45, 2.75) is 32.4 Å². The van der Waals surface area contributed by atoms with Crippen LogP contribution in [0, 0.1) is 0 Å². The van der Waals surface area contributed by atoms with Gasteiger partial charge in [-0.25, -0.2) is 0 Å². The first kappa shape index (κ1) is 13.5. The number of nitrogens with one attached hydrogen (secondary N) is 2. The van der Waals surface area contributed by atoms with Crippen LogP contribution in [0.1, 0.15) is 24.8 Å². The highest BCUT2D eigenvalue weighted by molar-refractivity contribution is 5.20. The second-order valence-electron chi connectivity index (χ2n) is 4.60. The summed E-state index contributed by atoms with van der Waals surface area (Å²) in [5.41, 5.74) is 1.34. The summed E-state index contributed by atoms with van der Waals surface area (Å²) in [7, 11) is 1.85. The van der Waals surface area contributed by atoms with E-state index in [-0.39, 0.29) is 0 Å². The number of anilines is 1. The van der Waals surface area contributed by atoms with E-state index < -0.39 is 0 Å².